The summed E-state index contributed by atoms with van der Waals surface area (Å²) in [7, 11) is 1.00. The van der Waals surface area contributed by atoms with Crippen molar-refractivity contribution in [2.75, 3.05) is 7.11 Å². The average Bonchev–Trinajstić information content (AvgIpc) is 1.00. The summed E-state index contributed by atoms with van der Waals surface area (Å²) in [5.41, 5.74) is 0. The van der Waals surface area contributed by atoms with Crippen molar-refractivity contribution < 1.29 is 109 Å². The lowest BCUT2D eigenvalue weighted by Crippen LogP contribution is -1.25. The molecule has 0 spiro atoms. The standard InChI is InChI=1S/CH4O.19H2O/c1-2;;;;;;;;;;;;;;;;;;;/h2H,1H3;19*1H2. The van der Waals surface area contributed by atoms with Crippen molar-refractivity contribution in [2.24, 2.45) is 0 Å². The van der Waals surface area contributed by atoms with Crippen molar-refractivity contribution in [2.45, 2.75) is 0 Å². The van der Waals surface area contributed by atoms with Crippen LogP contribution in [0.2, 0.25) is 0 Å². The van der Waals surface area contributed by atoms with Crippen molar-refractivity contribution >= 4 is 0 Å². The molecule has 0 aliphatic carbocycles. The molecule has 39 N–H and O–H groups in total. The highest BCUT2D eigenvalue weighted by atomic mass is 16.2. The van der Waals surface area contributed by atoms with Crippen LogP contribution >= 0.6 is 0 Å². The Labute approximate surface area is 118 Å². The smallest absolute Gasteiger partial charge is 0.0319 e. The third kappa shape index (κ3) is 8880. The summed E-state index contributed by atoms with van der Waals surface area (Å²) in [6, 6.07) is 0. The Morgan fingerprint density at radius 3 is 0.190 bits per heavy atom. The molecule has 0 atom stereocenters. The van der Waals surface area contributed by atoms with Gasteiger partial charge in [0.15, 0.2) is 0 Å². The van der Waals surface area contributed by atoms with Crippen LogP contribution in [0.3, 0.4) is 0 Å². The zero-order valence-corrected chi connectivity index (χ0v) is 10.9. The van der Waals surface area contributed by atoms with Gasteiger partial charge in [0.25, 0.3) is 0 Å². The molecule has 20 nitrogen and oxygen atoms in total. The Bertz CT molecular complexity index is 5.80. The lowest BCUT2D eigenvalue weighted by molar-refractivity contribution is 0.399. The molecule has 0 amide bonds. The Balaban J connectivity index is -0.0000000000292. The first-order valence-corrected chi connectivity index (χ1v) is 0.447. The normalized spacial score (nSPS) is 0.286. The van der Waals surface area contributed by atoms with E-state index in [2.05, 4.69) is 0 Å². The molecule has 0 aromatic rings. The molecule has 0 aliphatic heterocycles. The first-order valence-electron chi connectivity index (χ1n) is 0.447. The second kappa shape index (κ2) is 9940. The molecule has 0 aliphatic rings. The molecule has 0 fully saturated rings. The molecule has 0 aromatic carbocycles. The SMILES string of the molecule is CO.O.O.O.O.O.O.O.O.O.O.O.O.O.O.O.O.O.O.O. The number of rotatable bonds is 0. The molecule has 0 saturated heterocycles. The predicted molar refractivity (Wildman–Crippen MR) is 76.8 cm³/mol. The van der Waals surface area contributed by atoms with Gasteiger partial charge < -0.3 is 109 Å². The lowest BCUT2D eigenvalue weighted by atomic mass is 11.8. The van der Waals surface area contributed by atoms with Gasteiger partial charge in [-0.25, -0.2) is 0 Å². The highest BCUT2D eigenvalue weighted by Crippen LogP contribution is 0.755. The molecule has 0 rings (SSSR count). The van der Waals surface area contributed by atoms with E-state index in [4.69, 9.17) is 5.11 Å². The molecule has 20 heteroatoms. The second-order valence-electron chi connectivity index (χ2n) is 0. The van der Waals surface area contributed by atoms with Gasteiger partial charge in [-0.05, 0) is 0 Å². The summed E-state index contributed by atoms with van der Waals surface area (Å²) in [4.78, 5) is 0. The van der Waals surface area contributed by atoms with Crippen LogP contribution in [0, 0.1) is 0 Å². The van der Waals surface area contributed by atoms with Crippen LogP contribution in [-0.2, 0) is 0 Å². The maximum absolute atomic E-state index is 7.00. The lowest BCUT2D eigenvalue weighted by Gasteiger charge is -1.21. The molecular formula is CH42O20. The van der Waals surface area contributed by atoms with Gasteiger partial charge in [0.2, 0.25) is 0 Å². The predicted octanol–water partition coefficient (Wildman–Crippen LogP) is -16.1. The number of hydrogen-bond donors (Lipinski definition) is 1. The van der Waals surface area contributed by atoms with Crippen LogP contribution in [0.15, 0.2) is 0 Å². The van der Waals surface area contributed by atoms with Gasteiger partial charge in [-0.3, -0.25) is 0 Å². The Morgan fingerprint density at radius 2 is 0.190 bits per heavy atom. The molecule has 166 valence electrons. The minimum absolute atomic E-state index is 0. The molecule has 0 radical (unpaired) electrons. The van der Waals surface area contributed by atoms with Gasteiger partial charge in [-0.15, -0.1) is 0 Å². The average molecular weight is 374 g/mol. The number of aliphatic hydroxyl groups is 1. The van der Waals surface area contributed by atoms with Crippen molar-refractivity contribution in [3.63, 3.8) is 0 Å². The zero-order chi connectivity index (χ0) is 2.00. The summed E-state index contributed by atoms with van der Waals surface area (Å²) in [5, 5.41) is 7.00. The van der Waals surface area contributed by atoms with E-state index in [0.29, 0.717) is 0 Å². The van der Waals surface area contributed by atoms with Crippen molar-refractivity contribution in [3.8, 4) is 0 Å². The summed E-state index contributed by atoms with van der Waals surface area (Å²) >= 11 is 0. The van der Waals surface area contributed by atoms with Gasteiger partial charge in [0, 0.05) is 7.11 Å². The molecule has 0 heterocycles. The first kappa shape index (κ1) is 186000. The van der Waals surface area contributed by atoms with Crippen LogP contribution in [0.25, 0.3) is 0 Å². The van der Waals surface area contributed by atoms with Crippen molar-refractivity contribution in [1.29, 1.82) is 0 Å². The third-order valence-electron chi connectivity index (χ3n) is 0. The van der Waals surface area contributed by atoms with E-state index >= 15 is 0 Å². The Morgan fingerprint density at radius 1 is 0.190 bits per heavy atom. The van der Waals surface area contributed by atoms with E-state index in [1.165, 1.54) is 0 Å². The monoisotopic (exact) mass is 374 g/mol. The second-order valence-corrected chi connectivity index (χ2v) is 0. The van der Waals surface area contributed by atoms with E-state index in [0.717, 1.165) is 7.11 Å². The Hall–Kier alpha value is -0.800. The third-order valence-corrected chi connectivity index (χ3v) is 0. The highest BCUT2D eigenvalue weighted by Gasteiger charge is 0.839. The fourth-order valence-electron chi connectivity index (χ4n) is 0. The molecule has 0 saturated carbocycles. The van der Waals surface area contributed by atoms with Gasteiger partial charge >= 0.3 is 0 Å². The van der Waals surface area contributed by atoms with Crippen molar-refractivity contribution in [1.82, 2.24) is 0 Å². The quantitative estimate of drug-likeness (QED) is 0.423. The maximum Gasteiger partial charge on any atom is 0.0319 e. The first-order chi connectivity index (χ1) is 1.00. The van der Waals surface area contributed by atoms with Crippen LogP contribution in [0.5, 0.6) is 0 Å². The Kier molecular flexibility index (Phi) is 88100000. The van der Waals surface area contributed by atoms with Crippen LogP contribution < -0.4 is 0 Å². The summed E-state index contributed by atoms with van der Waals surface area (Å²) in [6.45, 7) is 0. The topological polar surface area (TPSA) is 619 Å². The van der Waals surface area contributed by atoms with E-state index in [1.807, 2.05) is 0 Å². The van der Waals surface area contributed by atoms with Gasteiger partial charge in [-0.1, -0.05) is 0 Å². The minimum Gasteiger partial charge on any atom is -0.412 e. The van der Waals surface area contributed by atoms with Gasteiger partial charge in [0.05, 0.1) is 0 Å². The van der Waals surface area contributed by atoms with Crippen LogP contribution in [-0.4, -0.2) is 116 Å². The summed E-state index contributed by atoms with van der Waals surface area (Å²) in [5.74, 6) is 0. The van der Waals surface area contributed by atoms with Gasteiger partial charge in [-0.2, -0.15) is 0 Å². The maximum atomic E-state index is 7.00. The number of aliphatic hydroxyl groups excluding tert-OH is 1. The van der Waals surface area contributed by atoms with Gasteiger partial charge in [0.1, 0.15) is 0 Å². The summed E-state index contributed by atoms with van der Waals surface area (Å²) < 4.78 is 0. The molecule has 0 bridgehead atoms. The minimum atomic E-state index is 0. The van der Waals surface area contributed by atoms with Crippen LogP contribution in [0.4, 0.5) is 0 Å². The van der Waals surface area contributed by atoms with E-state index in [9.17, 15) is 0 Å². The highest BCUT2D eigenvalue weighted by molar-refractivity contribution is 3.18. The summed E-state index contributed by atoms with van der Waals surface area (Å²) in [6.07, 6.45) is 0. The zero-order valence-electron chi connectivity index (χ0n) is 10.9. The fourth-order valence-corrected chi connectivity index (χ4v) is 0. The van der Waals surface area contributed by atoms with E-state index in [1.54, 1.807) is 0 Å². The molecular weight excluding hydrogens is 332 g/mol. The largest absolute Gasteiger partial charge is 0.412 e. The van der Waals surface area contributed by atoms with Crippen molar-refractivity contribution in [3.05, 3.63) is 0 Å². The fraction of sp³-hybridized carbons (Fsp3) is 1.00. The molecule has 0 aromatic heterocycles. The van der Waals surface area contributed by atoms with E-state index < -0.39 is 0 Å². The number of hydrogen-bond acceptors (Lipinski definition) is 1. The van der Waals surface area contributed by atoms with E-state index in [-0.39, 0.29) is 104 Å². The molecule has 0 unspecified atom stereocenters. The molecule has 21 heavy (non-hydrogen) atoms. The van der Waals surface area contributed by atoms with Crippen LogP contribution in [0.1, 0.15) is 0 Å².